The fraction of sp³-hybridized carbons (Fsp3) is 0.522. The van der Waals surface area contributed by atoms with E-state index in [4.69, 9.17) is 0 Å². The lowest BCUT2D eigenvalue weighted by Crippen LogP contribution is -2.41. The van der Waals surface area contributed by atoms with Crippen LogP contribution < -0.4 is 10.6 Å². The Bertz CT molecular complexity index is 988. The Balaban J connectivity index is 1.29. The van der Waals surface area contributed by atoms with Gasteiger partial charge in [-0.2, -0.15) is 0 Å². The van der Waals surface area contributed by atoms with Gasteiger partial charge in [0.2, 0.25) is 5.91 Å². The van der Waals surface area contributed by atoms with Crippen molar-refractivity contribution in [2.24, 2.45) is 5.92 Å². The summed E-state index contributed by atoms with van der Waals surface area (Å²) in [5.41, 5.74) is 1.66. The van der Waals surface area contributed by atoms with Crippen LogP contribution in [0.5, 0.6) is 0 Å². The van der Waals surface area contributed by atoms with Crippen LogP contribution in [0.1, 0.15) is 51.0 Å². The molecule has 1 saturated heterocycles. The number of fused-ring (bicyclic) bond motifs is 1. The van der Waals surface area contributed by atoms with Gasteiger partial charge >= 0.3 is 6.03 Å². The zero-order valence-corrected chi connectivity index (χ0v) is 17.7. The summed E-state index contributed by atoms with van der Waals surface area (Å²) in [6.07, 6.45) is 7.15. The predicted molar refractivity (Wildman–Crippen MR) is 115 cm³/mol. The summed E-state index contributed by atoms with van der Waals surface area (Å²) in [6, 6.07) is 3.58. The lowest BCUT2D eigenvalue weighted by molar-refractivity contribution is -0.127. The Morgan fingerprint density at radius 3 is 2.87 bits per heavy atom. The average Bonchev–Trinajstić information content (AvgIpc) is 3.26. The van der Waals surface area contributed by atoms with Crippen molar-refractivity contribution in [2.45, 2.75) is 64.0 Å². The van der Waals surface area contributed by atoms with Gasteiger partial charge in [-0.1, -0.05) is 19.8 Å². The number of nitrogens with one attached hydrogen (secondary N) is 3. The van der Waals surface area contributed by atoms with E-state index in [0.717, 1.165) is 35.7 Å². The Hall–Kier alpha value is -2.90. The predicted octanol–water partition coefficient (Wildman–Crippen LogP) is 3.25. The first-order valence-electron chi connectivity index (χ1n) is 11.1. The van der Waals surface area contributed by atoms with E-state index >= 15 is 0 Å². The third-order valence-electron chi connectivity index (χ3n) is 6.56. The second kappa shape index (κ2) is 9.08. The highest BCUT2D eigenvalue weighted by Gasteiger charge is 2.37. The lowest BCUT2D eigenvalue weighted by Gasteiger charge is -2.29. The van der Waals surface area contributed by atoms with Gasteiger partial charge < -0.3 is 15.6 Å². The van der Waals surface area contributed by atoms with E-state index in [0.29, 0.717) is 12.3 Å². The van der Waals surface area contributed by atoms with Crippen LogP contribution in [0.15, 0.2) is 24.4 Å². The van der Waals surface area contributed by atoms with Crippen molar-refractivity contribution in [1.29, 1.82) is 0 Å². The van der Waals surface area contributed by atoms with Crippen LogP contribution in [-0.2, 0) is 16.0 Å². The number of carbonyl (C=O) groups excluding carboxylic acids is 3. The molecule has 1 saturated carbocycles. The molecule has 4 rings (SSSR count). The van der Waals surface area contributed by atoms with Crippen LogP contribution in [0.4, 0.5) is 9.18 Å². The molecule has 8 heteroatoms. The first-order chi connectivity index (χ1) is 14.9. The van der Waals surface area contributed by atoms with E-state index in [9.17, 15) is 18.8 Å². The van der Waals surface area contributed by atoms with Gasteiger partial charge in [0.15, 0.2) is 0 Å². The molecule has 0 spiro atoms. The molecule has 4 amide bonds. The number of H-pyrrole nitrogens is 1. The minimum Gasteiger partial charge on any atom is -0.361 e. The van der Waals surface area contributed by atoms with E-state index in [2.05, 4.69) is 22.5 Å². The molecule has 1 aromatic carbocycles. The zero-order valence-electron chi connectivity index (χ0n) is 17.7. The summed E-state index contributed by atoms with van der Waals surface area (Å²) in [6.45, 7) is 2.36. The Labute approximate surface area is 180 Å². The van der Waals surface area contributed by atoms with Crippen LogP contribution in [0.25, 0.3) is 10.9 Å². The number of nitrogens with zero attached hydrogens (tertiary/aromatic N) is 1. The van der Waals surface area contributed by atoms with Gasteiger partial charge in [0.1, 0.15) is 11.9 Å². The number of carbonyl (C=O) groups is 3. The van der Waals surface area contributed by atoms with Gasteiger partial charge in [-0.25, -0.2) is 9.18 Å². The lowest BCUT2D eigenvalue weighted by atomic mass is 9.86. The molecule has 1 aliphatic carbocycles. The monoisotopic (exact) mass is 428 g/mol. The first kappa shape index (κ1) is 21.3. The topological polar surface area (TPSA) is 94.3 Å². The minimum atomic E-state index is -0.678. The summed E-state index contributed by atoms with van der Waals surface area (Å²) in [4.78, 5) is 41.6. The number of hydrogen-bond acceptors (Lipinski definition) is 3. The molecular formula is C23H29FN4O3. The van der Waals surface area contributed by atoms with Gasteiger partial charge in [-0.3, -0.25) is 14.5 Å². The van der Waals surface area contributed by atoms with E-state index in [1.165, 1.54) is 23.5 Å². The number of rotatable bonds is 7. The molecule has 3 atom stereocenters. The number of halogens is 1. The van der Waals surface area contributed by atoms with Gasteiger partial charge in [-0.05, 0) is 55.4 Å². The zero-order chi connectivity index (χ0) is 22.0. The van der Waals surface area contributed by atoms with Gasteiger partial charge in [0, 0.05) is 36.1 Å². The summed E-state index contributed by atoms with van der Waals surface area (Å²) in [5.74, 6) is -0.238. The van der Waals surface area contributed by atoms with Crippen molar-refractivity contribution >= 4 is 28.7 Å². The van der Waals surface area contributed by atoms with E-state index in [1.807, 2.05) is 0 Å². The van der Waals surface area contributed by atoms with E-state index in [-0.39, 0.29) is 43.1 Å². The molecule has 0 radical (unpaired) electrons. The minimum absolute atomic E-state index is 0.0694. The number of hydrogen-bond donors (Lipinski definition) is 3. The molecule has 1 aromatic heterocycles. The Kier molecular flexibility index (Phi) is 6.25. The standard InChI is InChI=1S/C23H29FN4O3/c1-14-4-2-3-5-18(14)26-21(29)9-8-20-22(30)28(23(31)27-20)11-10-15-13-25-19-7-6-16(24)12-17(15)19/h6-7,12-14,18,20,25H,2-5,8-11H2,1H3,(H,26,29)(H,27,31)/t14-,18+,20-/m1/s1. The maximum atomic E-state index is 13.6. The third kappa shape index (κ3) is 4.73. The van der Waals surface area contributed by atoms with Crippen LogP contribution in [0.2, 0.25) is 0 Å². The normalized spacial score (nSPS) is 23.9. The maximum absolute atomic E-state index is 13.6. The number of aromatic nitrogens is 1. The summed E-state index contributed by atoms with van der Waals surface area (Å²) in [5, 5.41) is 6.52. The fourth-order valence-electron chi connectivity index (χ4n) is 4.66. The second-order valence-corrected chi connectivity index (χ2v) is 8.72. The van der Waals surface area contributed by atoms with Crippen LogP contribution in [-0.4, -0.2) is 46.4 Å². The quantitative estimate of drug-likeness (QED) is 0.591. The van der Waals surface area contributed by atoms with Crippen LogP contribution >= 0.6 is 0 Å². The SMILES string of the molecule is C[C@@H]1CCCC[C@@H]1NC(=O)CC[C@H]1NC(=O)N(CCc2c[nH]c3ccc(F)cc23)C1=O. The van der Waals surface area contributed by atoms with Crippen molar-refractivity contribution < 1.29 is 18.8 Å². The average molecular weight is 429 g/mol. The highest BCUT2D eigenvalue weighted by atomic mass is 19.1. The molecule has 1 aliphatic heterocycles. The van der Waals surface area contributed by atoms with Crippen molar-refractivity contribution in [3.63, 3.8) is 0 Å². The number of amides is 4. The van der Waals surface area contributed by atoms with Crippen molar-refractivity contribution in [1.82, 2.24) is 20.5 Å². The molecule has 0 unspecified atom stereocenters. The van der Waals surface area contributed by atoms with Crippen molar-refractivity contribution in [3.05, 3.63) is 35.8 Å². The largest absolute Gasteiger partial charge is 0.361 e. The molecule has 3 N–H and O–H groups in total. The number of benzene rings is 1. The third-order valence-corrected chi connectivity index (χ3v) is 6.56. The van der Waals surface area contributed by atoms with Crippen molar-refractivity contribution in [2.75, 3.05) is 6.54 Å². The van der Waals surface area contributed by atoms with E-state index in [1.54, 1.807) is 12.3 Å². The molecule has 166 valence electrons. The van der Waals surface area contributed by atoms with Gasteiger partial charge in [0.05, 0.1) is 0 Å². The Morgan fingerprint density at radius 1 is 1.26 bits per heavy atom. The Morgan fingerprint density at radius 2 is 2.06 bits per heavy atom. The molecule has 7 nitrogen and oxygen atoms in total. The maximum Gasteiger partial charge on any atom is 0.324 e. The molecule has 2 aromatic rings. The molecule has 2 aliphatic rings. The smallest absolute Gasteiger partial charge is 0.324 e. The second-order valence-electron chi connectivity index (χ2n) is 8.72. The first-order valence-corrected chi connectivity index (χ1v) is 11.1. The molecule has 0 bridgehead atoms. The summed E-state index contributed by atoms with van der Waals surface area (Å²) in [7, 11) is 0. The van der Waals surface area contributed by atoms with Crippen molar-refractivity contribution in [3.8, 4) is 0 Å². The van der Waals surface area contributed by atoms with Crippen LogP contribution in [0.3, 0.4) is 0 Å². The van der Waals surface area contributed by atoms with Gasteiger partial charge in [-0.15, -0.1) is 0 Å². The number of aromatic amines is 1. The number of imide groups is 1. The molecular weight excluding hydrogens is 399 g/mol. The summed E-state index contributed by atoms with van der Waals surface area (Å²) < 4.78 is 13.6. The highest BCUT2D eigenvalue weighted by Crippen LogP contribution is 2.24. The number of urea groups is 1. The molecule has 2 heterocycles. The summed E-state index contributed by atoms with van der Waals surface area (Å²) >= 11 is 0. The fourth-order valence-corrected chi connectivity index (χ4v) is 4.66. The van der Waals surface area contributed by atoms with Gasteiger partial charge in [0.25, 0.3) is 5.91 Å². The molecule has 2 fully saturated rings. The van der Waals surface area contributed by atoms with E-state index < -0.39 is 12.1 Å². The van der Waals surface area contributed by atoms with Crippen LogP contribution in [0, 0.1) is 11.7 Å². The highest BCUT2D eigenvalue weighted by molar-refractivity contribution is 6.04. The molecule has 31 heavy (non-hydrogen) atoms.